The lowest BCUT2D eigenvalue weighted by molar-refractivity contribution is -0.0875. The summed E-state index contributed by atoms with van der Waals surface area (Å²) in [5, 5.41) is 37.9. The summed E-state index contributed by atoms with van der Waals surface area (Å²) >= 11 is 0. The number of ether oxygens (including phenoxy) is 1. The maximum absolute atomic E-state index is 12.9. The summed E-state index contributed by atoms with van der Waals surface area (Å²) in [6.45, 7) is 7.79. The molecule has 1 aromatic carbocycles. The Morgan fingerprint density at radius 2 is 1.93 bits per heavy atom. The summed E-state index contributed by atoms with van der Waals surface area (Å²) in [5.41, 5.74) is 4.33. The number of nitrogens with zero attached hydrogens (tertiary/aromatic N) is 2. The SMILES string of the molecule is Cc1cc2nc(OC[C@H](O)[C@H](O)[C@H](O)CO)c(=O)n3c2c(c1C)C(C)(C)CC3. The van der Waals surface area contributed by atoms with Crippen molar-refractivity contribution in [2.75, 3.05) is 13.2 Å². The van der Waals surface area contributed by atoms with Crippen LogP contribution in [0.2, 0.25) is 0 Å². The van der Waals surface area contributed by atoms with Gasteiger partial charge in [0.2, 0.25) is 0 Å². The second-order valence-electron chi connectivity index (χ2n) is 8.19. The van der Waals surface area contributed by atoms with E-state index in [0.717, 1.165) is 28.6 Å². The van der Waals surface area contributed by atoms with Gasteiger partial charge in [0.05, 0.1) is 17.6 Å². The van der Waals surface area contributed by atoms with Crippen molar-refractivity contribution in [3.8, 4) is 5.88 Å². The number of aliphatic hydroxyl groups excluding tert-OH is 4. The molecule has 3 atom stereocenters. The van der Waals surface area contributed by atoms with Crippen LogP contribution in [0.15, 0.2) is 10.9 Å². The van der Waals surface area contributed by atoms with E-state index in [1.807, 2.05) is 13.0 Å². The Labute approximate surface area is 163 Å². The molecule has 0 bridgehead atoms. The van der Waals surface area contributed by atoms with Gasteiger partial charge in [0.15, 0.2) is 0 Å². The molecular formula is C20H28N2O6. The van der Waals surface area contributed by atoms with E-state index >= 15 is 0 Å². The smallest absolute Gasteiger partial charge is 0.313 e. The zero-order valence-corrected chi connectivity index (χ0v) is 16.6. The maximum atomic E-state index is 12.9. The van der Waals surface area contributed by atoms with E-state index in [-0.39, 0.29) is 11.3 Å². The number of benzene rings is 1. The van der Waals surface area contributed by atoms with Gasteiger partial charge < -0.3 is 29.7 Å². The van der Waals surface area contributed by atoms with Crippen LogP contribution < -0.4 is 10.3 Å². The number of aromatic nitrogens is 2. The lowest BCUT2D eigenvalue weighted by Gasteiger charge is -2.35. The van der Waals surface area contributed by atoms with Gasteiger partial charge >= 0.3 is 5.56 Å². The zero-order chi connectivity index (χ0) is 20.8. The zero-order valence-electron chi connectivity index (χ0n) is 16.6. The van der Waals surface area contributed by atoms with E-state index in [4.69, 9.17) is 9.84 Å². The third-order valence-electron chi connectivity index (χ3n) is 5.72. The van der Waals surface area contributed by atoms with E-state index in [0.29, 0.717) is 12.1 Å². The van der Waals surface area contributed by atoms with Crippen LogP contribution in [0.4, 0.5) is 0 Å². The first-order chi connectivity index (χ1) is 13.1. The number of rotatable bonds is 6. The predicted octanol–water partition coefficient (Wildman–Crippen LogP) is 0.148. The maximum Gasteiger partial charge on any atom is 0.313 e. The molecule has 2 aromatic rings. The Hall–Kier alpha value is -2.00. The minimum atomic E-state index is -1.59. The van der Waals surface area contributed by atoms with Crippen LogP contribution in [0, 0.1) is 13.8 Å². The topological polar surface area (TPSA) is 125 Å². The molecule has 0 radical (unpaired) electrons. The lowest BCUT2D eigenvalue weighted by Crippen LogP contribution is -2.43. The van der Waals surface area contributed by atoms with Crippen molar-refractivity contribution in [3.05, 3.63) is 33.1 Å². The third kappa shape index (κ3) is 3.41. The molecular weight excluding hydrogens is 364 g/mol. The Morgan fingerprint density at radius 1 is 1.25 bits per heavy atom. The molecule has 8 nitrogen and oxygen atoms in total. The molecule has 0 aliphatic carbocycles. The average Bonchev–Trinajstić information content (AvgIpc) is 2.65. The number of aliphatic hydroxyl groups is 4. The van der Waals surface area contributed by atoms with E-state index in [2.05, 4.69) is 25.8 Å². The molecule has 0 amide bonds. The van der Waals surface area contributed by atoms with Crippen LogP contribution in [0.25, 0.3) is 11.0 Å². The van der Waals surface area contributed by atoms with Crippen LogP contribution in [0.3, 0.4) is 0 Å². The molecule has 0 saturated heterocycles. The van der Waals surface area contributed by atoms with Gasteiger partial charge in [0.25, 0.3) is 5.88 Å². The van der Waals surface area contributed by atoms with E-state index in [1.54, 1.807) is 4.57 Å². The van der Waals surface area contributed by atoms with Crippen molar-refractivity contribution < 1.29 is 25.2 Å². The fourth-order valence-electron chi connectivity index (χ4n) is 3.90. The minimum Gasteiger partial charge on any atom is -0.471 e. The second-order valence-corrected chi connectivity index (χ2v) is 8.19. The predicted molar refractivity (Wildman–Crippen MR) is 104 cm³/mol. The van der Waals surface area contributed by atoms with Crippen molar-refractivity contribution >= 4 is 11.0 Å². The Morgan fingerprint density at radius 3 is 2.57 bits per heavy atom. The first kappa shape index (κ1) is 20.7. The highest BCUT2D eigenvalue weighted by Crippen LogP contribution is 2.40. The Balaban J connectivity index is 2.03. The number of aryl methyl sites for hydroxylation is 2. The highest BCUT2D eigenvalue weighted by molar-refractivity contribution is 5.83. The van der Waals surface area contributed by atoms with Crippen molar-refractivity contribution in [1.29, 1.82) is 0 Å². The van der Waals surface area contributed by atoms with Gasteiger partial charge in [-0.05, 0) is 48.4 Å². The molecule has 1 aliphatic heterocycles. The van der Waals surface area contributed by atoms with Gasteiger partial charge in [-0.15, -0.1) is 0 Å². The second kappa shape index (κ2) is 7.44. The summed E-state index contributed by atoms with van der Waals surface area (Å²) in [6.07, 6.45) is -3.77. The summed E-state index contributed by atoms with van der Waals surface area (Å²) in [6, 6.07) is 1.92. The summed E-state index contributed by atoms with van der Waals surface area (Å²) < 4.78 is 7.07. The van der Waals surface area contributed by atoms with Gasteiger partial charge in [-0.2, -0.15) is 0 Å². The first-order valence-corrected chi connectivity index (χ1v) is 9.41. The summed E-state index contributed by atoms with van der Waals surface area (Å²) in [5.74, 6) is -0.161. The van der Waals surface area contributed by atoms with E-state index in [9.17, 15) is 20.1 Å². The Kier molecular flexibility index (Phi) is 5.51. The molecule has 2 heterocycles. The molecule has 28 heavy (non-hydrogen) atoms. The molecule has 154 valence electrons. The first-order valence-electron chi connectivity index (χ1n) is 9.41. The van der Waals surface area contributed by atoms with E-state index < -0.39 is 37.1 Å². The van der Waals surface area contributed by atoms with Crippen molar-refractivity contribution in [2.45, 2.75) is 64.4 Å². The molecule has 0 saturated carbocycles. The van der Waals surface area contributed by atoms with Crippen molar-refractivity contribution in [2.24, 2.45) is 0 Å². The normalized spacial score (nSPS) is 18.7. The fraction of sp³-hybridized carbons (Fsp3) is 0.600. The Bertz CT molecular complexity index is 952. The monoisotopic (exact) mass is 392 g/mol. The minimum absolute atomic E-state index is 0.0778. The number of hydrogen-bond acceptors (Lipinski definition) is 7. The van der Waals surface area contributed by atoms with Gasteiger partial charge in [-0.3, -0.25) is 4.79 Å². The van der Waals surface area contributed by atoms with Crippen molar-refractivity contribution in [1.82, 2.24) is 9.55 Å². The molecule has 0 spiro atoms. The largest absolute Gasteiger partial charge is 0.471 e. The van der Waals surface area contributed by atoms with Gasteiger partial charge in [-0.1, -0.05) is 13.8 Å². The van der Waals surface area contributed by atoms with Crippen LogP contribution in [0.1, 0.15) is 37.0 Å². The highest BCUT2D eigenvalue weighted by atomic mass is 16.5. The average molecular weight is 392 g/mol. The molecule has 0 unspecified atom stereocenters. The molecule has 4 N–H and O–H groups in total. The molecule has 1 aliphatic rings. The fourth-order valence-corrected chi connectivity index (χ4v) is 3.90. The summed E-state index contributed by atoms with van der Waals surface area (Å²) in [7, 11) is 0. The van der Waals surface area contributed by atoms with Crippen LogP contribution >= 0.6 is 0 Å². The highest BCUT2D eigenvalue weighted by Gasteiger charge is 2.33. The molecule has 8 heteroatoms. The lowest BCUT2D eigenvalue weighted by atomic mass is 9.75. The molecule has 0 fully saturated rings. The van der Waals surface area contributed by atoms with Gasteiger partial charge in [0.1, 0.15) is 24.9 Å². The standard InChI is InChI=1S/C20H28N2O6/c1-10-7-12-16-15(11(10)2)20(3,4)5-6-22(16)19(27)18(21-12)28-9-14(25)17(26)13(24)8-23/h7,13-14,17,23-26H,5-6,8-9H2,1-4H3/t13-,14+,17-/m1/s1. The third-order valence-corrected chi connectivity index (χ3v) is 5.72. The molecule has 1 aromatic heterocycles. The van der Waals surface area contributed by atoms with Crippen LogP contribution in [-0.4, -0.2) is 61.5 Å². The summed E-state index contributed by atoms with van der Waals surface area (Å²) in [4.78, 5) is 17.3. The quantitative estimate of drug-likeness (QED) is 0.551. The van der Waals surface area contributed by atoms with E-state index in [1.165, 1.54) is 0 Å². The van der Waals surface area contributed by atoms with Gasteiger partial charge in [-0.25, -0.2) is 4.98 Å². The van der Waals surface area contributed by atoms with Crippen molar-refractivity contribution in [3.63, 3.8) is 0 Å². The van der Waals surface area contributed by atoms with Gasteiger partial charge in [0, 0.05) is 6.54 Å². The van der Waals surface area contributed by atoms with Crippen LogP contribution in [0.5, 0.6) is 5.88 Å². The molecule has 3 rings (SSSR count). The number of hydrogen-bond donors (Lipinski definition) is 4. The van der Waals surface area contributed by atoms with Crippen LogP contribution in [-0.2, 0) is 12.0 Å².